The molecule has 0 radical (unpaired) electrons. The average Bonchev–Trinajstić information content (AvgIpc) is 3.09. The van der Waals surface area contributed by atoms with Crippen LogP contribution in [0, 0.1) is 23.0 Å². The summed E-state index contributed by atoms with van der Waals surface area (Å²) in [5.41, 5.74) is 4.40. The number of carbonyl (C=O) groups is 1. The number of hydrogen-bond donors (Lipinski definition) is 3. The van der Waals surface area contributed by atoms with Crippen molar-refractivity contribution in [3.63, 3.8) is 0 Å². The Morgan fingerprint density at radius 2 is 1.64 bits per heavy atom. The Bertz CT molecular complexity index is 1670. The van der Waals surface area contributed by atoms with Crippen LogP contribution in [0.1, 0.15) is 100 Å². The van der Waals surface area contributed by atoms with Crippen LogP contribution in [-0.4, -0.2) is 32.4 Å². The van der Waals surface area contributed by atoms with Crippen LogP contribution in [0.15, 0.2) is 61.6 Å². The van der Waals surface area contributed by atoms with Crippen molar-refractivity contribution in [2.75, 3.05) is 17.2 Å². The number of carbonyl (C=O) groups excluding carboxylic acids is 1. The van der Waals surface area contributed by atoms with E-state index in [4.69, 9.17) is 0 Å². The number of unbranched alkanes of at least 4 members (excludes halogenated alkanes) is 1. The Morgan fingerprint density at radius 1 is 0.936 bits per heavy atom. The Morgan fingerprint density at radius 3 is 2.21 bits per heavy atom. The highest BCUT2D eigenvalue weighted by molar-refractivity contribution is 5.97. The van der Waals surface area contributed by atoms with E-state index in [2.05, 4.69) is 56.3 Å². The molecule has 1 atom stereocenters. The number of benzene rings is 1. The molecule has 0 spiro atoms. The van der Waals surface area contributed by atoms with Crippen molar-refractivity contribution in [3.8, 4) is 17.3 Å². The van der Waals surface area contributed by atoms with Gasteiger partial charge in [0.2, 0.25) is 0 Å². The first kappa shape index (κ1) is 37.9. The molecule has 0 saturated carbocycles. The molecule has 0 aliphatic heterocycles. The molecule has 0 aliphatic carbocycles. The molecule has 248 valence electrons. The Kier molecular flexibility index (Phi) is 15.6. The number of allylic oxidation sites excluding steroid dienone is 1. The van der Waals surface area contributed by atoms with E-state index in [1.807, 2.05) is 52.0 Å². The van der Waals surface area contributed by atoms with E-state index in [0.29, 0.717) is 5.56 Å². The maximum Gasteiger partial charge on any atom is 0.274 e. The van der Waals surface area contributed by atoms with Gasteiger partial charge in [-0.2, -0.15) is 5.26 Å². The minimum absolute atomic E-state index is 0.0462. The molecule has 1 unspecified atom stereocenters. The summed E-state index contributed by atoms with van der Waals surface area (Å²) in [7, 11) is 0. The van der Waals surface area contributed by atoms with Gasteiger partial charge < -0.3 is 16.0 Å². The summed E-state index contributed by atoms with van der Waals surface area (Å²) in [5, 5.41) is 18.3. The second-order valence-electron chi connectivity index (χ2n) is 10.3. The van der Waals surface area contributed by atoms with Crippen LogP contribution in [0.4, 0.5) is 20.4 Å². The standard InChI is InChI=1S/C30H28F2N8O.C4H10.C2H6/c1-5-34-28-23(17(2)3)10-21(15-37-28)26-9-6-19(13-35-26)14-36-29-27(40-22(12-33)16-38-29)30(41)39-18(4)20-7-8-24(31)25(32)11-20;1-3-4-2;1-2/h6-11,13,15-16,18H,2,5,14H2,1,3-4H3,(H,34,37)(H,36,38)(H,39,41);3-4H2,1-2H3;1-2H3. The lowest BCUT2D eigenvalue weighted by molar-refractivity contribution is 0.0935. The van der Waals surface area contributed by atoms with Crippen LogP contribution in [0.5, 0.6) is 0 Å². The van der Waals surface area contributed by atoms with Gasteiger partial charge in [-0.05, 0) is 61.7 Å². The fourth-order valence-corrected chi connectivity index (χ4v) is 3.98. The lowest BCUT2D eigenvalue weighted by Crippen LogP contribution is -2.29. The zero-order valence-corrected chi connectivity index (χ0v) is 28.2. The minimum atomic E-state index is -1.02. The van der Waals surface area contributed by atoms with Crippen molar-refractivity contribution in [2.24, 2.45) is 0 Å². The molecule has 4 aromatic rings. The first-order valence-corrected chi connectivity index (χ1v) is 15.7. The zero-order chi connectivity index (χ0) is 34.9. The average molecular weight is 643 g/mol. The van der Waals surface area contributed by atoms with Gasteiger partial charge in [0.15, 0.2) is 28.8 Å². The van der Waals surface area contributed by atoms with Gasteiger partial charge in [0.1, 0.15) is 11.9 Å². The summed E-state index contributed by atoms with van der Waals surface area (Å²) < 4.78 is 27.0. The second-order valence-corrected chi connectivity index (χ2v) is 10.3. The number of hydrogen-bond acceptors (Lipinski definition) is 8. The highest BCUT2D eigenvalue weighted by atomic mass is 19.2. The number of amides is 1. The van der Waals surface area contributed by atoms with Crippen LogP contribution in [0.2, 0.25) is 0 Å². The predicted octanol–water partition coefficient (Wildman–Crippen LogP) is 8.48. The molecule has 11 heteroatoms. The molecule has 3 aromatic heterocycles. The number of aromatic nitrogens is 4. The largest absolute Gasteiger partial charge is 0.370 e. The van der Waals surface area contributed by atoms with Gasteiger partial charge in [-0.25, -0.2) is 23.7 Å². The molecular formula is C36H44F2N8O. The van der Waals surface area contributed by atoms with Gasteiger partial charge in [-0.3, -0.25) is 9.78 Å². The van der Waals surface area contributed by atoms with Crippen LogP contribution in [0.3, 0.4) is 0 Å². The fourth-order valence-electron chi connectivity index (χ4n) is 3.98. The van der Waals surface area contributed by atoms with Gasteiger partial charge in [-0.1, -0.05) is 59.2 Å². The van der Waals surface area contributed by atoms with E-state index in [9.17, 15) is 18.8 Å². The van der Waals surface area contributed by atoms with Crippen LogP contribution >= 0.6 is 0 Å². The second kappa shape index (κ2) is 19.3. The number of rotatable bonds is 11. The van der Waals surface area contributed by atoms with Crippen LogP contribution < -0.4 is 16.0 Å². The van der Waals surface area contributed by atoms with E-state index in [1.54, 1.807) is 19.3 Å². The van der Waals surface area contributed by atoms with Gasteiger partial charge in [-0.15, -0.1) is 0 Å². The van der Waals surface area contributed by atoms with Crippen molar-refractivity contribution in [1.82, 2.24) is 25.3 Å². The topological polar surface area (TPSA) is 129 Å². The molecule has 3 heterocycles. The number of nitrogens with zero attached hydrogens (tertiary/aromatic N) is 5. The number of anilines is 2. The first-order valence-electron chi connectivity index (χ1n) is 15.7. The number of nitriles is 1. The lowest BCUT2D eigenvalue weighted by Gasteiger charge is -2.16. The maximum absolute atomic E-state index is 13.7. The molecule has 3 N–H and O–H groups in total. The molecule has 0 fully saturated rings. The Labute approximate surface area is 276 Å². The summed E-state index contributed by atoms with van der Waals surface area (Å²) in [5.74, 6) is -1.71. The molecule has 0 bridgehead atoms. The molecule has 9 nitrogen and oxygen atoms in total. The van der Waals surface area contributed by atoms with Crippen molar-refractivity contribution >= 4 is 23.1 Å². The third-order valence-corrected chi connectivity index (χ3v) is 6.67. The monoisotopic (exact) mass is 642 g/mol. The molecule has 1 amide bonds. The van der Waals surface area contributed by atoms with Crippen molar-refractivity contribution in [2.45, 2.75) is 73.9 Å². The van der Waals surface area contributed by atoms with E-state index in [-0.39, 0.29) is 23.8 Å². The smallest absolute Gasteiger partial charge is 0.274 e. The van der Waals surface area contributed by atoms with Crippen molar-refractivity contribution in [1.29, 1.82) is 5.26 Å². The summed E-state index contributed by atoms with van der Waals surface area (Å²) in [6.45, 7) is 19.0. The molecule has 4 rings (SSSR count). The molecule has 1 aromatic carbocycles. The first-order chi connectivity index (χ1) is 22.6. The molecule has 0 saturated heterocycles. The number of halogens is 2. The van der Waals surface area contributed by atoms with E-state index in [1.165, 1.54) is 25.1 Å². The van der Waals surface area contributed by atoms with E-state index >= 15 is 0 Å². The highest BCUT2D eigenvalue weighted by Gasteiger charge is 2.20. The molecule has 47 heavy (non-hydrogen) atoms. The number of pyridine rings is 2. The maximum atomic E-state index is 13.7. The van der Waals surface area contributed by atoms with E-state index < -0.39 is 23.6 Å². The van der Waals surface area contributed by atoms with Crippen molar-refractivity contribution < 1.29 is 13.6 Å². The van der Waals surface area contributed by atoms with Gasteiger partial charge >= 0.3 is 0 Å². The fraction of sp³-hybridized carbons (Fsp3) is 0.333. The van der Waals surface area contributed by atoms with E-state index in [0.717, 1.165) is 52.5 Å². The summed E-state index contributed by atoms with van der Waals surface area (Å²) in [6.07, 6.45) is 7.34. The zero-order valence-electron chi connectivity index (χ0n) is 28.2. The highest BCUT2D eigenvalue weighted by Crippen LogP contribution is 2.26. The van der Waals surface area contributed by atoms with Gasteiger partial charge in [0.05, 0.1) is 17.9 Å². The quantitative estimate of drug-likeness (QED) is 0.149. The SMILES string of the molecule is C=C(C)c1cc(-c2ccc(CNc3ncc(C#N)nc3C(=O)NC(C)c3ccc(F)c(F)c3)cn2)cnc1NCC.CC.CCCC. The Balaban J connectivity index is 0.00000119. The van der Waals surface area contributed by atoms with Gasteiger partial charge in [0, 0.05) is 36.6 Å². The summed E-state index contributed by atoms with van der Waals surface area (Å²) >= 11 is 0. The predicted molar refractivity (Wildman–Crippen MR) is 185 cm³/mol. The third kappa shape index (κ3) is 11.0. The third-order valence-electron chi connectivity index (χ3n) is 6.67. The summed E-state index contributed by atoms with van der Waals surface area (Å²) in [4.78, 5) is 30.5. The Hall–Kier alpha value is -5.24. The number of nitrogens with one attached hydrogen (secondary N) is 3. The minimum Gasteiger partial charge on any atom is -0.370 e. The molecule has 0 aliphatic rings. The normalized spacial score (nSPS) is 10.6. The van der Waals surface area contributed by atoms with Crippen LogP contribution in [0.25, 0.3) is 16.8 Å². The van der Waals surface area contributed by atoms with Gasteiger partial charge in [0.25, 0.3) is 5.91 Å². The van der Waals surface area contributed by atoms with Crippen molar-refractivity contribution in [3.05, 3.63) is 101 Å². The summed E-state index contributed by atoms with van der Waals surface area (Å²) in [6, 6.07) is 10.3. The lowest BCUT2D eigenvalue weighted by atomic mass is 10.1. The molecular weight excluding hydrogens is 598 g/mol. The van der Waals surface area contributed by atoms with Crippen LogP contribution in [-0.2, 0) is 6.54 Å².